The van der Waals surface area contributed by atoms with Crippen LogP contribution in [0.25, 0.3) is 0 Å². The van der Waals surface area contributed by atoms with Crippen molar-refractivity contribution in [3.8, 4) is 0 Å². The number of carbonyl (C=O) groups is 1. The van der Waals surface area contributed by atoms with Gasteiger partial charge in [-0.1, -0.05) is 0 Å². The number of aromatic nitrogens is 1. The van der Waals surface area contributed by atoms with Gasteiger partial charge < -0.3 is 9.80 Å². The maximum Gasteiger partial charge on any atom is 0.276 e. The number of nitrogens with zero attached hydrogens (tertiary/aromatic N) is 3. The molecule has 0 saturated carbocycles. The molecule has 0 unspecified atom stereocenters. The van der Waals surface area contributed by atoms with E-state index >= 15 is 0 Å². The summed E-state index contributed by atoms with van der Waals surface area (Å²) in [4.78, 5) is 19.7. The first kappa shape index (κ1) is 15.4. The van der Waals surface area contributed by atoms with Crippen LogP contribution in [-0.4, -0.2) is 54.2 Å². The van der Waals surface area contributed by atoms with Gasteiger partial charge in [0.1, 0.15) is 5.82 Å². The van der Waals surface area contributed by atoms with Gasteiger partial charge in [0, 0.05) is 32.4 Å². The summed E-state index contributed by atoms with van der Waals surface area (Å²) in [5.74, 6) is 0.243. The van der Waals surface area contributed by atoms with Crippen LogP contribution in [0.4, 0.5) is 5.82 Å². The zero-order chi connectivity index (χ0) is 14.4. The highest BCUT2D eigenvalue weighted by atomic mass is 16.5. The molecule has 1 rings (SSSR count). The fraction of sp³-hybridized carbons (Fsp3) is 0.538. The summed E-state index contributed by atoms with van der Waals surface area (Å²) in [5, 5.41) is 8.52. The van der Waals surface area contributed by atoms with E-state index in [9.17, 15) is 4.79 Å². The van der Waals surface area contributed by atoms with Gasteiger partial charge in [-0.15, -0.1) is 0 Å². The van der Waals surface area contributed by atoms with Crippen LogP contribution in [0.1, 0.15) is 24.2 Å². The number of amides is 1. The quantitative estimate of drug-likeness (QED) is 0.593. The van der Waals surface area contributed by atoms with Crippen LogP contribution in [0.2, 0.25) is 0 Å². The molecule has 6 heteroatoms. The lowest BCUT2D eigenvalue weighted by molar-refractivity contribution is 0.0706. The number of hydrogen-bond acceptors (Lipinski definition) is 5. The van der Waals surface area contributed by atoms with Crippen LogP contribution in [0.3, 0.4) is 0 Å². The molecule has 1 amide bonds. The van der Waals surface area contributed by atoms with Crippen LogP contribution in [0, 0.1) is 0 Å². The van der Waals surface area contributed by atoms with Crippen molar-refractivity contribution in [3.63, 3.8) is 0 Å². The maximum absolute atomic E-state index is 11.2. The van der Waals surface area contributed by atoms with Crippen molar-refractivity contribution in [2.75, 3.05) is 32.1 Å². The Bertz CT molecular complexity index is 406. The van der Waals surface area contributed by atoms with E-state index in [1.165, 1.54) is 6.20 Å². The van der Waals surface area contributed by atoms with Gasteiger partial charge in [-0.2, -0.15) is 0 Å². The summed E-state index contributed by atoms with van der Waals surface area (Å²) >= 11 is 0. The van der Waals surface area contributed by atoms with Crippen LogP contribution in [0.5, 0.6) is 0 Å². The average Bonchev–Trinajstić information content (AvgIpc) is 2.43. The first-order valence-electron chi connectivity index (χ1n) is 6.27. The van der Waals surface area contributed by atoms with E-state index in [1.807, 2.05) is 11.9 Å². The number of nitrogens with one attached hydrogen (secondary N) is 1. The minimum Gasteiger partial charge on any atom is -0.358 e. The molecule has 0 aliphatic rings. The van der Waals surface area contributed by atoms with Crippen molar-refractivity contribution in [2.24, 2.45) is 0 Å². The second-order valence-corrected chi connectivity index (χ2v) is 4.84. The molecule has 1 aromatic rings. The molecule has 0 spiro atoms. The smallest absolute Gasteiger partial charge is 0.276 e. The van der Waals surface area contributed by atoms with Crippen LogP contribution in [0.15, 0.2) is 18.3 Å². The molecule has 0 saturated heterocycles. The lowest BCUT2D eigenvalue weighted by atomic mass is 10.2. The summed E-state index contributed by atoms with van der Waals surface area (Å²) in [6, 6.07) is 3.91. The fourth-order valence-electron chi connectivity index (χ4n) is 1.49. The summed E-state index contributed by atoms with van der Waals surface area (Å²) in [6.07, 6.45) is 1.45. The van der Waals surface area contributed by atoms with Crippen LogP contribution in [-0.2, 0) is 0 Å². The van der Waals surface area contributed by atoms with E-state index in [1.54, 1.807) is 17.6 Å². The Morgan fingerprint density at radius 3 is 2.53 bits per heavy atom. The molecule has 0 aromatic carbocycles. The number of hydrogen-bond donors (Lipinski definition) is 2. The molecule has 6 nitrogen and oxygen atoms in total. The van der Waals surface area contributed by atoms with E-state index in [-0.39, 0.29) is 0 Å². The zero-order valence-electron chi connectivity index (χ0n) is 11.9. The Morgan fingerprint density at radius 2 is 2.05 bits per heavy atom. The highest BCUT2D eigenvalue weighted by molar-refractivity contribution is 5.93. The van der Waals surface area contributed by atoms with E-state index in [4.69, 9.17) is 5.21 Å². The van der Waals surface area contributed by atoms with Crippen molar-refractivity contribution in [1.82, 2.24) is 15.4 Å². The predicted molar refractivity (Wildman–Crippen MR) is 74.5 cm³/mol. The highest BCUT2D eigenvalue weighted by Gasteiger charge is 2.08. The molecule has 0 fully saturated rings. The van der Waals surface area contributed by atoms with Gasteiger partial charge >= 0.3 is 0 Å². The van der Waals surface area contributed by atoms with Gasteiger partial charge in [0.25, 0.3) is 5.91 Å². The Morgan fingerprint density at radius 1 is 1.37 bits per heavy atom. The molecule has 0 radical (unpaired) electrons. The van der Waals surface area contributed by atoms with E-state index in [0.29, 0.717) is 11.6 Å². The van der Waals surface area contributed by atoms with Gasteiger partial charge in [0.2, 0.25) is 0 Å². The Balaban J connectivity index is 2.58. The summed E-state index contributed by atoms with van der Waals surface area (Å²) in [5.41, 5.74) is 1.92. The predicted octanol–water partition coefficient (Wildman–Crippen LogP) is 0.977. The summed E-state index contributed by atoms with van der Waals surface area (Å²) in [6.45, 7) is 6.10. The molecule has 106 valence electrons. The fourth-order valence-corrected chi connectivity index (χ4v) is 1.49. The molecule has 1 heterocycles. The second-order valence-electron chi connectivity index (χ2n) is 4.84. The third-order valence-corrected chi connectivity index (χ3v) is 3.17. The van der Waals surface area contributed by atoms with Crippen molar-refractivity contribution >= 4 is 11.7 Å². The Hall–Kier alpha value is -1.66. The molecule has 0 aliphatic carbocycles. The van der Waals surface area contributed by atoms with Gasteiger partial charge in [0.15, 0.2) is 0 Å². The van der Waals surface area contributed by atoms with Crippen molar-refractivity contribution < 1.29 is 10.0 Å². The van der Waals surface area contributed by atoms with Gasteiger partial charge in [-0.05, 0) is 33.0 Å². The molecule has 0 aliphatic heterocycles. The number of carbonyl (C=O) groups excluding carboxylic acids is 1. The first-order valence-corrected chi connectivity index (χ1v) is 6.27. The Kier molecular flexibility index (Phi) is 5.72. The minimum atomic E-state index is -0.554. The van der Waals surface area contributed by atoms with Crippen LogP contribution < -0.4 is 10.4 Å². The van der Waals surface area contributed by atoms with Crippen LogP contribution >= 0.6 is 0 Å². The Labute approximate surface area is 114 Å². The summed E-state index contributed by atoms with van der Waals surface area (Å²) < 4.78 is 0. The zero-order valence-corrected chi connectivity index (χ0v) is 11.9. The largest absolute Gasteiger partial charge is 0.358 e. The topological polar surface area (TPSA) is 68.7 Å². The standard InChI is InChI=1S/C13H22N4O2/c1-10(2)16(3)7-8-17(4)12-6-5-11(9-14-12)13(18)15-19/h5-6,9-10,19H,7-8H2,1-4H3,(H,15,18). The SMILES string of the molecule is CC(C)N(C)CCN(C)c1ccc(C(=O)NO)cn1. The molecular formula is C13H22N4O2. The highest BCUT2D eigenvalue weighted by Crippen LogP contribution is 2.09. The number of rotatable bonds is 6. The monoisotopic (exact) mass is 266 g/mol. The maximum atomic E-state index is 11.2. The number of pyridine rings is 1. The normalized spacial score (nSPS) is 10.9. The average molecular weight is 266 g/mol. The molecule has 2 N–H and O–H groups in total. The van der Waals surface area contributed by atoms with E-state index in [2.05, 4.69) is 30.8 Å². The van der Waals surface area contributed by atoms with E-state index < -0.39 is 5.91 Å². The van der Waals surface area contributed by atoms with Crippen molar-refractivity contribution in [3.05, 3.63) is 23.9 Å². The lowest BCUT2D eigenvalue weighted by Gasteiger charge is -2.25. The minimum absolute atomic E-state index is 0.332. The molecule has 1 aromatic heterocycles. The molecular weight excluding hydrogens is 244 g/mol. The van der Waals surface area contributed by atoms with Gasteiger partial charge in [-0.3, -0.25) is 10.0 Å². The van der Waals surface area contributed by atoms with E-state index in [0.717, 1.165) is 18.9 Å². The number of hydroxylamine groups is 1. The molecule has 0 bridgehead atoms. The number of anilines is 1. The molecule has 19 heavy (non-hydrogen) atoms. The third-order valence-electron chi connectivity index (χ3n) is 3.17. The third kappa shape index (κ3) is 4.50. The molecule has 0 atom stereocenters. The van der Waals surface area contributed by atoms with Crippen molar-refractivity contribution in [1.29, 1.82) is 0 Å². The van der Waals surface area contributed by atoms with Gasteiger partial charge in [0.05, 0.1) is 5.56 Å². The summed E-state index contributed by atoms with van der Waals surface area (Å²) in [7, 11) is 4.04. The lowest BCUT2D eigenvalue weighted by Crippen LogP contribution is -2.35. The van der Waals surface area contributed by atoms with Gasteiger partial charge in [-0.25, -0.2) is 10.5 Å². The van der Waals surface area contributed by atoms with Crippen molar-refractivity contribution in [2.45, 2.75) is 19.9 Å². The second kappa shape index (κ2) is 7.06. The number of likely N-dealkylation sites (N-methyl/N-ethyl adjacent to an activating group) is 2. The first-order chi connectivity index (χ1) is 8.95.